The Morgan fingerprint density at radius 2 is 2.40 bits per heavy atom. The molecule has 1 aliphatic heterocycles. The number of unbranched alkanes of at least 4 members (excludes halogenated alkanes) is 1. The highest BCUT2D eigenvalue weighted by Gasteiger charge is 2.23. The first-order valence-corrected chi connectivity index (χ1v) is 6.83. The molecule has 0 saturated carbocycles. The molecular formula is C11H20BrNO2. The second-order valence-electron chi connectivity index (χ2n) is 4.05. The molecular weight excluding hydrogens is 258 g/mol. The molecule has 0 spiro atoms. The van der Waals surface area contributed by atoms with E-state index in [1.165, 1.54) is 0 Å². The summed E-state index contributed by atoms with van der Waals surface area (Å²) in [5.41, 5.74) is 0. The molecule has 0 aromatic carbocycles. The first-order chi connectivity index (χ1) is 7.24. The Balaban J connectivity index is 2.13. The van der Waals surface area contributed by atoms with E-state index in [9.17, 15) is 4.79 Å². The van der Waals surface area contributed by atoms with Gasteiger partial charge in [-0.05, 0) is 32.6 Å². The Kier molecular flexibility index (Phi) is 6.25. The molecule has 88 valence electrons. The van der Waals surface area contributed by atoms with Crippen LogP contribution < -0.4 is 5.32 Å². The summed E-state index contributed by atoms with van der Waals surface area (Å²) in [5.74, 6) is 0.152. The Bertz CT molecular complexity index is 193. The average Bonchev–Trinajstić information content (AvgIpc) is 2.70. The molecule has 0 aliphatic carbocycles. The number of ether oxygens (including phenoxy) is 1. The summed E-state index contributed by atoms with van der Waals surface area (Å²) in [5, 5.41) is 3.98. The lowest BCUT2D eigenvalue weighted by Crippen LogP contribution is -2.40. The van der Waals surface area contributed by atoms with Crippen LogP contribution >= 0.6 is 15.9 Å². The lowest BCUT2D eigenvalue weighted by atomic mass is 10.1. The normalized spacial score (nSPS) is 22.7. The van der Waals surface area contributed by atoms with Gasteiger partial charge in [0.2, 0.25) is 5.91 Å². The molecule has 1 aliphatic rings. The second kappa shape index (κ2) is 7.23. The summed E-state index contributed by atoms with van der Waals surface area (Å²) < 4.78 is 5.52. The van der Waals surface area contributed by atoms with E-state index in [0.29, 0.717) is 6.42 Å². The van der Waals surface area contributed by atoms with E-state index < -0.39 is 0 Å². The van der Waals surface area contributed by atoms with Crippen LogP contribution in [0.3, 0.4) is 0 Å². The number of amides is 1. The average molecular weight is 278 g/mol. The Morgan fingerprint density at radius 1 is 1.60 bits per heavy atom. The van der Waals surface area contributed by atoms with Gasteiger partial charge in [-0.2, -0.15) is 0 Å². The molecule has 1 heterocycles. The van der Waals surface area contributed by atoms with Gasteiger partial charge in [0.25, 0.3) is 0 Å². The SMILES string of the molecule is CC(NC(=O)CCCCBr)C1CCCO1. The quantitative estimate of drug-likeness (QED) is 0.597. The van der Waals surface area contributed by atoms with Crippen molar-refractivity contribution < 1.29 is 9.53 Å². The fourth-order valence-corrected chi connectivity index (χ4v) is 2.19. The minimum Gasteiger partial charge on any atom is -0.376 e. The van der Waals surface area contributed by atoms with Gasteiger partial charge in [-0.25, -0.2) is 0 Å². The van der Waals surface area contributed by atoms with Crippen LogP contribution in [-0.4, -0.2) is 30.0 Å². The minimum absolute atomic E-state index is 0.152. The standard InChI is InChI=1S/C11H20BrNO2/c1-9(10-5-4-8-15-10)13-11(14)6-2-3-7-12/h9-10H,2-8H2,1H3,(H,13,14). The second-order valence-corrected chi connectivity index (χ2v) is 4.85. The summed E-state index contributed by atoms with van der Waals surface area (Å²) in [7, 11) is 0. The van der Waals surface area contributed by atoms with Gasteiger partial charge in [0, 0.05) is 18.4 Å². The Morgan fingerprint density at radius 3 is 3.00 bits per heavy atom. The van der Waals surface area contributed by atoms with Crippen molar-refractivity contribution in [3.8, 4) is 0 Å². The number of rotatable bonds is 6. The number of halogens is 1. The minimum atomic E-state index is 0.152. The highest BCUT2D eigenvalue weighted by molar-refractivity contribution is 9.09. The van der Waals surface area contributed by atoms with Crippen LogP contribution in [-0.2, 0) is 9.53 Å². The van der Waals surface area contributed by atoms with Crippen molar-refractivity contribution in [3.63, 3.8) is 0 Å². The zero-order chi connectivity index (χ0) is 11.1. The molecule has 0 bridgehead atoms. The van der Waals surface area contributed by atoms with Crippen molar-refractivity contribution >= 4 is 21.8 Å². The third-order valence-electron chi connectivity index (χ3n) is 2.70. The maximum absolute atomic E-state index is 11.5. The molecule has 0 aromatic rings. The van der Waals surface area contributed by atoms with E-state index in [-0.39, 0.29) is 18.1 Å². The van der Waals surface area contributed by atoms with E-state index in [0.717, 1.165) is 37.6 Å². The molecule has 1 amide bonds. The first-order valence-electron chi connectivity index (χ1n) is 5.71. The van der Waals surface area contributed by atoms with Crippen LogP contribution in [0.25, 0.3) is 0 Å². The van der Waals surface area contributed by atoms with Gasteiger partial charge >= 0.3 is 0 Å². The molecule has 2 unspecified atom stereocenters. The number of nitrogens with one attached hydrogen (secondary N) is 1. The molecule has 1 saturated heterocycles. The van der Waals surface area contributed by atoms with Gasteiger partial charge in [0.05, 0.1) is 12.1 Å². The molecule has 1 rings (SSSR count). The van der Waals surface area contributed by atoms with Crippen LogP contribution in [0, 0.1) is 0 Å². The predicted octanol–water partition coefficient (Wildman–Crippen LogP) is 2.24. The number of carbonyl (C=O) groups excluding carboxylic acids is 1. The molecule has 0 aromatic heterocycles. The third-order valence-corrected chi connectivity index (χ3v) is 3.26. The van der Waals surface area contributed by atoms with E-state index >= 15 is 0 Å². The Labute approximate surface area is 100 Å². The van der Waals surface area contributed by atoms with Gasteiger partial charge in [-0.15, -0.1) is 0 Å². The van der Waals surface area contributed by atoms with Crippen molar-refractivity contribution in [1.82, 2.24) is 5.32 Å². The van der Waals surface area contributed by atoms with Gasteiger partial charge in [0.15, 0.2) is 0 Å². The first kappa shape index (κ1) is 13.0. The maximum atomic E-state index is 11.5. The predicted molar refractivity (Wildman–Crippen MR) is 64.2 cm³/mol. The van der Waals surface area contributed by atoms with Crippen LogP contribution in [0.15, 0.2) is 0 Å². The molecule has 1 fully saturated rings. The van der Waals surface area contributed by atoms with Crippen molar-refractivity contribution in [2.24, 2.45) is 0 Å². The Hall–Kier alpha value is -0.0900. The fraction of sp³-hybridized carbons (Fsp3) is 0.909. The van der Waals surface area contributed by atoms with Crippen LogP contribution in [0.5, 0.6) is 0 Å². The topological polar surface area (TPSA) is 38.3 Å². The van der Waals surface area contributed by atoms with Crippen LogP contribution in [0.2, 0.25) is 0 Å². The lowest BCUT2D eigenvalue weighted by molar-refractivity contribution is -0.122. The molecule has 15 heavy (non-hydrogen) atoms. The van der Waals surface area contributed by atoms with Gasteiger partial charge in [-0.3, -0.25) is 4.79 Å². The third kappa shape index (κ3) is 4.98. The number of carbonyl (C=O) groups is 1. The van der Waals surface area contributed by atoms with Crippen molar-refractivity contribution in [1.29, 1.82) is 0 Å². The smallest absolute Gasteiger partial charge is 0.220 e. The molecule has 0 radical (unpaired) electrons. The monoisotopic (exact) mass is 277 g/mol. The van der Waals surface area contributed by atoms with E-state index in [2.05, 4.69) is 21.2 Å². The van der Waals surface area contributed by atoms with E-state index in [1.54, 1.807) is 0 Å². The largest absolute Gasteiger partial charge is 0.376 e. The van der Waals surface area contributed by atoms with E-state index in [4.69, 9.17) is 4.74 Å². The fourth-order valence-electron chi connectivity index (χ4n) is 1.80. The maximum Gasteiger partial charge on any atom is 0.220 e. The van der Waals surface area contributed by atoms with Gasteiger partial charge in [-0.1, -0.05) is 15.9 Å². The summed E-state index contributed by atoms with van der Waals surface area (Å²) in [6, 6.07) is 0.156. The van der Waals surface area contributed by atoms with Gasteiger partial charge < -0.3 is 10.1 Å². The van der Waals surface area contributed by atoms with Crippen molar-refractivity contribution in [3.05, 3.63) is 0 Å². The summed E-state index contributed by atoms with van der Waals surface area (Å²) in [6.45, 7) is 2.87. The summed E-state index contributed by atoms with van der Waals surface area (Å²) in [6.07, 6.45) is 5.06. The van der Waals surface area contributed by atoms with Gasteiger partial charge in [0.1, 0.15) is 0 Å². The summed E-state index contributed by atoms with van der Waals surface area (Å²) >= 11 is 3.35. The van der Waals surface area contributed by atoms with Crippen molar-refractivity contribution in [2.75, 3.05) is 11.9 Å². The van der Waals surface area contributed by atoms with Crippen molar-refractivity contribution in [2.45, 2.75) is 51.2 Å². The number of hydrogen-bond donors (Lipinski definition) is 1. The zero-order valence-electron chi connectivity index (χ0n) is 9.30. The summed E-state index contributed by atoms with van der Waals surface area (Å²) in [4.78, 5) is 11.5. The lowest BCUT2D eigenvalue weighted by Gasteiger charge is -2.19. The molecule has 4 heteroatoms. The molecule has 2 atom stereocenters. The van der Waals surface area contributed by atoms with E-state index in [1.807, 2.05) is 6.92 Å². The number of alkyl halides is 1. The zero-order valence-corrected chi connectivity index (χ0v) is 10.9. The highest BCUT2D eigenvalue weighted by atomic mass is 79.9. The van der Waals surface area contributed by atoms with Crippen LogP contribution in [0.1, 0.15) is 39.0 Å². The highest BCUT2D eigenvalue weighted by Crippen LogP contribution is 2.15. The number of hydrogen-bond acceptors (Lipinski definition) is 2. The van der Waals surface area contributed by atoms with Crippen LogP contribution in [0.4, 0.5) is 0 Å². The molecule has 1 N–H and O–H groups in total. The molecule has 3 nitrogen and oxygen atoms in total.